The first-order valence-corrected chi connectivity index (χ1v) is 18.0. The number of esters is 1. The van der Waals surface area contributed by atoms with Gasteiger partial charge in [0, 0.05) is 23.3 Å². The third-order valence-electron chi connectivity index (χ3n) is 5.28. The van der Waals surface area contributed by atoms with E-state index in [0.29, 0.717) is 5.56 Å². The first-order valence-electron chi connectivity index (χ1n) is 11.0. The number of anilines is 1. The number of ether oxygens (including phenoxy) is 1. The third kappa shape index (κ3) is 6.95. The van der Waals surface area contributed by atoms with Crippen LogP contribution in [0.1, 0.15) is 29.8 Å². The molecule has 1 amide bonds. The van der Waals surface area contributed by atoms with Crippen molar-refractivity contribution in [1.29, 1.82) is 0 Å². The lowest BCUT2D eigenvalue weighted by Crippen LogP contribution is -2.46. The Balaban J connectivity index is 2.41. The van der Waals surface area contributed by atoms with Gasteiger partial charge in [-0.1, -0.05) is 67.9 Å². The Morgan fingerprint density at radius 1 is 0.909 bits per heavy atom. The van der Waals surface area contributed by atoms with Gasteiger partial charge in [0.2, 0.25) is 0 Å². The minimum atomic E-state index is -1.71. The van der Waals surface area contributed by atoms with Crippen LogP contribution in [0, 0.1) is 11.6 Å². The van der Waals surface area contributed by atoms with Gasteiger partial charge in [-0.15, -0.1) is 0 Å². The molecule has 0 atom stereocenters. The highest BCUT2D eigenvalue weighted by atomic mass is 28.3. The maximum absolute atomic E-state index is 14.8. The van der Waals surface area contributed by atoms with Gasteiger partial charge in [-0.25, -0.2) is 13.6 Å². The molecule has 2 aromatic carbocycles. The van der Waals surface area contributed by atoms with Crippen molar-refractivity contribution < 1.29 is 23.1 Å². The van der Waals surface area contributed by atoms with E-state index in [2.05, 4.69) is 50.7 Å². The Morgan fingerprint density at radius 2 is 1.45 bits per heavy atom. The van der Waals surface area contributed by atoms with E-state index in [1.807, 2.05) is 12.1 Å². The summed E-state index contributed by atoms with van der Waals surface area (Å²) in [5.41, 5.74) is 0.346. The maximum Gasteiger partial charge on any atom is 0.331 e. The average molecular weight is 490 g/mol. The fourth-order valence-corrected chi connectivity index (χ4v) is 5.70. The molecule has 0 saturated heterocycles. The zero-order chi connectivity index (χ0) is 25.1. The van der Waals surface area contributed by atoms with Crippen molar-refractivity contribution in [2.24, 2.45) is 0 Å². The zero-order valence-corrected chi connectivity index (χ0v) is 22.7. The van der Waals surface area contributed by atoms with E-state index >= 15 is 0 Å². The van der Waals surface area contributed by atoms with E-state index in [9.17, 15) is 18.4 Å². The number of carbonyl (C=O) groups is 2. The quantitative estimate of drug-likeness (QED) is 0.327. The average Bonchev–Trinajstić information content (AvgIpc) is 2.68. The number of nitrogens with one attached hydrogen (secondary N) is 1. The van der Waals surface area contributed by atoms with E-state index in [1.54, 1.807) is 6.92 Å². The molecule has 0 radical (unpaired) electrons. The van der Waals surface area contributed by atoms with Gasteiger partial charge in [-0.3, -0.25) is 4.79 Å². The van der Waals surface area contributed by atoms with Gasteiger partial charge in [-0.05, 0) is 25.5 Å². The van der Waals surface area contributed by atoms with Gasteiger partial charge in [0.25, 0.3) is 5.91 Å². The lowest BCUT2D eigenvalue weighted by molar-refractivity contribution is -0.137. The topological polar surface area (TPSA) is 55.4 Å². The molecule has 33 heavy (non-hydrogen) atoms. The second-order valence-corrected chi connectivity index (χ2v) is 20.3. The van der Waals surface area contributed by atoms with Crippen molar-refractivity contribution in [3.63, 3.8) is 0 Å². The summed E-state index contributed by atoms with van der Waals surface area (Å²) in [7, 11) is -3.42. The van der Waals surface area contributed by atoms with E-state index in [1.165, 1.54) is 6.92 Å². The molecule has 0 aromatic heterocycles. The molecule has 8 heteroatoms. The minimum Gasteiger partial charge on any atom is -0.463 e. The fraction of sp³-hybridized carbons (Fsp3) is 0.360. The summed E-state index contributed by atoms with van der Waals surface area (Å²) < 4.78 is 34.3. The SMILES string of the molecule is CCOC(=O)C=C(C)c1cc(F)c(NC(=O)c2cc([Si](C)(C)C)cc([Si](C)(C)C)c2)cc1F. The highest BCUT2D eigenvalue weighted by molar-refractivity contribution is 6.91. The lowest BCUT2D eigenvalue weighted by atomic mass is 10.1. The number of benzene rings is 2. The van der Waals surface area contributed by atoms with Crippen LogP contribution in [0.3, 0.4) is 0 Å². The Labute approximate surface area is 197 Å². The van der Waals surface area contributed by atoms with Crippen LogP contribution in [0.5, 0.6) is 0 Å². The highest BCUT2D eigenvalue weighted by Gasteiger charge is 2.25. The molecule has 0 heterocycles. The molecule has 178 valence electrons. The van der Waals surface area contributed by atoms with Crippen LogP contribution in [0.25, 0.3) is 5.57 Å². The molecular formula is C25H33F2NO3Si2. The number of amides is 1. The summed E-state index contributed by atoms with van der Waals surface area (Å²) in [4.78, 5) is 24.7. The number of rotatable bonds is 7. The molecule has 0 aliphatic rings. The summed E-state index contributed by atoms with van der Waals surface area (Å²) in [5.74, 6) is -2.65. The van der Waals surface area contributed by atoms with Crippen molar-refractivity contribution >= 4 is 49.7 Å². The first kappa shape index (κ1) is 26.7. The van der Waals surface area contributed by atoms with Gasteiger partial charge in [0.1, 0.15) is 11.6 Å². The van der Waals surface area contributed by atoms with Crippen LogP contribution >= 0.6 is 0 Å². The fourth-order valence-electron chi connectivity index (χ4n) is 3.20. The van der Waals surface area contributed by atoms with Crippen LogP contribution in [0.15, 0.2) is 36.4 Å². The van der Waals surface area contributed by atoms with Crippen LogP contribution < -0.4 is 15.7 Å². The van der Waals surface area contributed by atoms with Crippen LogP contribution in [-0.2, 0) is 9.53 Å². The standard InChI is InChI=1S/C25H33F2NO3Si2/c1-9-31-24(29)10-16(2)20-14-22(27)23(15-21(20)26)28-25(30)17-11-18(32(3,4)5)13-19(12-17)33(6,7)8/h10-15H,9H2,1-8H3,(H,28,30). The Bertz CT molecular complexity index is 1070. The Kier molecular flexibility index (Phi) is 8.19. The largest absolute Gasteiger partial charge is 0.463 e. The van der Waals surface area contributed by atoms with Crippen LogP contribution in [0.2, 0.25) is 39.3 Å². The molecular weight excluding hydrogens is 456 g/mol. The highest BCUT2D eigenvalue weighted by Crippen LogP contribution is 2.25. The molecule has 1 N–H and O–H groups in total. The number of carbonyl (C=O) groups excluding carboxylic acids is 2. The summed E-state index contributed by atoms with van der Waals surface area (Å²) in [5, 5.41) is 4.81. The Morgan fingerprint density at radius 3 is 1.94 bits per heavy atom. The first-order chi connectivity index (χ1) is 15.1. The van der Waals surface area contributed by atoms with Gasteiger partial charge in [0.05, 0.1) is 28.4 Å². The van der Waals surface area contributed by atoms with Crippen LogP contribution in [0.4, 0.5) is 14.5 Å². The second-order valence-electron chi connectivity index (χ2n) is 10.1. The zero-order valence-electron chi connectivity index (χ0n) is 20.7. The Hall–Kier alpha value is -2.59. The van der Waals surface area contributed by atoms with Crippen molar-refractivity contribution in [1.82, 2.24) is 0 Å². The van der Waals surface area contributed by atoms with Crippen molar-refractivity contribution in [2.45, 2.75) is 53.1 Å². The van der Waals surface area contributed by atoms with Crippen molar-refractivity contribution in [2.75, 3.05) is 11.9 Å². The maximum atomic E-state index is 14.8. The van der Waals surface area contributed by atoms with E-state index in [4.69, 9.17) is 4.74 Å². The summed E-state index contributed by atoms with van der Waals surface area (Å²) in [6, 6.07) is 7.83. The molecule has 0 saturated carbocycles. The minimum absolute atomic E-state index is 0.0692. The molecule has 0 aliphatic heterocycles. The van der Waals surface area contributed by atoms with Gasteiger partial charge in [0.15, 0.2) is 0 Å². The molecule has 0 fully saturated rings. The van der Waals surface area contributed by atoms with Crippen LogP contribution in [-0.4, -0.2) is 34.6 Å². The molecule has 0 bridgehead atoms. The number of halogens is 2. The predicted octanol–water partition coefficient (Wildman–Crippen LogP) is 5.27. The summed E-state index contributed by atoms with van der Waals surface area (Å²) in [6.45, 7) is 16.6. The summed E-state index contributed by atoms with van der Waals surface area (Å²) >= 11 is 0. The lowest BCUT2D eigenvalue weighted by Gasteiger charge is -2.24. The normalized spacial score (nSPS) is 12.5. The smallest absolute Gasteiger partial charge is 0.331 e. The van der Waals surface area contributed by atoms with E-state index in [0.717, 1.165) is 28.6 Å². The second kappa shape index (κ2) is 10.1. The molecule has 2 aromatic rings. The van der Waals surface area contributed by atoms with E-state index < -0.39 is 39.7 Å². The van der Waals surface area contributed by atoms with E-state index in [-0.39, 0.29) is 23.4 Å². The number of hydrogen-bond donors (Lipinski definition) is 1. The molecule has 2 rings (SSSR count). The summed E-state index contributed by atoms with van der Waals surface area (Å²) in [6.07, 6.45) is 1.11. The molecule has 4 nitrogen and oxygen atoms in total. The van der Waals surface area contributed by atoms with Gasteiger partial charge >= 0.3 is 5.97 Å². The van der Waals surface area contributed by atoms with Crippen molar-refractivity contribution in [3.8, 4) is 0 Å². The molecule has 0 aliphatic carbocycles. The van der Waals surface area contributed by atoms with Gasteiger partial charge < -0.3 is 10.1 Å². The number of allylic oxidation sites excluding steroid dienone is 1. The predicted molar refractivity (Wildman–Crippen MR) is 137 cm³/mol. The molecule has 0 spiro atoms. The van der Waals surface area contributed by atoms with Gasteiger partial charge in [-0.2, -0.15) is 0 Å². The number of hydrogen-bond acceptors (Lipinski definition) is 3. The third-order valence-corrected chi connectivity index (χ3v) is 9.32. The molecule has 0 unspecified atom stereocenters. The van der Waals surface area contributed by atoms with Crippen molar-refractivity contribution in [3.05, 3.63) is 59.2 Å². The monoisotopic (exact) mass is 489 g/mol.